The number of aromatic nitrogens is 1. The van der Waals surface area contributed by atoms with Gasteiger partial charge >= 0.3 is 6.18 Å². The number of alkyl halides is 3. The van der Waals surface area contributed by atoms with E-state index in [0.717, 1.165) is 0 Å². The Morgan fingerprint density at radius 3 is 2.68 bits per heavy atom. The van der Waals surface area contributed by atoms with Gasteiger partial charge in [0.25, 0.3) is 0 Å². The van der Waals surface area contributed by atoms with E-state index < -0.39 is 12.8 Å². The summed E-state index contributed by atoms with van der Waals surface area (Å²) < 4.78 is 46.3. The quantitative estimate of drug-likeness (QED) is 0.249. The molecule has 0 radical (unpaired) electrons. The largest absolute Gasteiger partial charge is 0.468 e. The molecule has 144 valence electrons. The number of aliphatic imine (C=N–C) groups is 1. The van der Waals surface area contributed by atoms with Crippen LogP contribution in [0.25, 0.3) is 0 Å². The molecule has 2 N–H and O–H groups in total. The fourth-order valence-electron chi connectivity index (χ4n) is 1.68. The van der Waals surface area contributed by atoms with E-state index in [2.05, 4.69) is 25.3 Å². The molecule has 0 atom stereocenters. The lowest BCUT2D eigenvalue weighted by atomic mass is 10.3. The molecule has 0 unspecified atom stereocenters. The van der Waals surface area contributed by atoms with Gasteiger partial charge in [0.2, 0.25) is 5.88 Å². The predicted molar refractivity (Wildman–Crippen MR) is 101 cm³/mol. The van der Waals surface area contributed by atoms with Crippen LogP contribution in [0.3, 0.4) is 0 Å². The molecule has 25 heavy (non-hydrogen) atoms. The van der Waals surface area contributed by atoms with E-state index in [1.54, 1.807) is 6.07 Å². The third-order valence-electron chi connectivity index (χ3n) is 2.69. The second-order valence-corrected chi connectivity index (χ2v) is 4.73. The van der Waals surface area contributed by atoms with Gasteiger partial charge in [-0.2, -0.15) is 13.2 Å². The number of hydrogen-bond donors (Lipinski definition) is 2. The molecule has 0 saturated heterocycles. The van der Waals surface area contributed by atoms with Crippen LogP contribution in [-0.2, 0) is 11.3 Å². The topological polar surface area (TPSA) is 67.8 Å². The average molecular weight is 476 g/mol. The van der Waals surface area contributed by atoms with Gasteiger partial charge in [0.05, 0.1) is 13.2 Å². The van der Waals surface area contributed by atoms with Crippen molar-refractivity contribution in [3.8, 4) is 5.88 Å². The van der Waals surface area contributed by atoms with Crippen molar-refractivity contribution < 1.29 is 22.6 Å². The Kier molecular flexibility index (Phi) is 12.3. The van der Waals surface area contributed by atoms with Crippen molar-refractivity contribution in [3.05, 3.63) is 23.9 Å². The van der Waals surface area contributed by atoms with Crippen LogP contribution in [0.2, 0.25) is 0 Å². The monoisotopic (exact) mass is 476 g/mol. The maximum absolute atomic E-state index is 12.2. The van der Waals surface area contributed by atoms with E-state index in [1.165, 1.54) is 12.3 Å². The predicted octanol–water partition coefficient (Wildman–Crippen LogP) is 2.73. The first-order valence-corrected chi connectivity index (χ1v) is 7.69. The fraction of sp³-hybridized carbons (Fsp3) is 0.600. The van der Waals surface area contributed by atoms with Crippen molar-refractivity contribution in [2.45, 2.75) is 26.6 Å². The molecule has 0 aromatic carbocycles. The fourth-order valence-corrected chi connectivity index (χ4v) is 1.68. The number of guanidine groups is 1. The Morgan fingerprint density at radius 2 is 2.04 bits per heavy atom. The highest BCUT2D eigenvalue weighted by Gasteiger charge is 2.28. The summed E-state index contributed by atoms with van der Waals surface area (Å²) in [6, 6.07) is 3.12. The molecule has 0 aliphatic rings. The first-order chi connectivity index (χ1) is 11.4. The summed E-state index contributed by atoms with van der Waals surface area (Å²) in [6.45, 7) is 5.28. The molecule has 10 heteroatoms. The van der Waals surface area contributed by atoms with Gasteiger partial charge in [0, 0.05) is 32.0 Å². The third kappa shape index (κ3) is 11.8. The summed E-state index contributed by atoms with van der Waals surface area (Å²) in [5.74, 6) is 0.529. The molecule has 0 bridgehead atoms. The van der Waals surface area contributed by atoms with E-state index in [0.29, 0.717) is 37.8 Å². The van der Waals surface area contributed by atoms with E-state index >= 15 is 0 Å². The van der Waals surface area contributed by atoms with Crippen molar-refractivity contribution >= 4 is 29.9 Å². The maximum atomic E-state index is 12.2. The number of halogens is 4. The number of nitrogens with one attached hydrogen (secondary N) is 2. The number of pyridine rings is 1. The zero-order valence-electron chi connectivity index (χ0n) is 14.2. The van der Waals surface area contributed by atoms with Crippen molar-refractivity contribution in [1.29, 1.82) is 0 Å². The maximum Gasteiger partial charge on any atom is 0.422 e. The Labute approximate surface area is 162 Å². The van der Waals surface area contributed by atoms with Gasteiger partial charge in [-0.3, -0.25) is 0 Å². The van der Waals surface area contributed by atoms with Gasteiger partial charge in [0.1, 0.15) is 0 Å². The van der Waals surface area contributed by atoms with Crippen molar-refractivity contribution in [3.63, 3.8) is 0 Å². The summed E-state index contributed by atoms with van der Waals surface area (Å²) in [7, 11) is 0. The van der Waals surface area contributed by atoms with Crippen molar-refractivity contribution in [2.75, 3.05) is 32.9 Å². The zero-order chi connectivity index (χ0) is 17.8. The van der Waals surface area contributed by atoms with Crippen molar-refractivity contribution in [2.24, 2.45) is 4.99 Å². The molecule has 0 aliphatic heterocycles. The third-order valence-corrected chi connectivity index (χ3v) is 2.69. The van der Waals surface area contributed by atoms with E-state index in [4.69, 9.17) is 4.74 Å². The highest BCUT2D eigenvalue weighted by molar-refractivity contribution is 14.0. The van der Waals surface area contributed by atoms with Crippen LogP contribution in [0.1, 0.15) is 19.4 Å². The lowest BCUT2D eigenvalue weighted by Crippen LogP contribution is -2.39. The van der Waals surface area contributed by atoms with Crippen LogP contribution < -0.4 is 15.4 Å². The minimum Gasteiger partial charge on any atom is -0.468 e. The molecule has 0 spiro atoms. The second kappa shape index (κ2) is 13.0. The SMILES string of the molecule is CCNC(=NCc1ccnc(OCC(F)(F)F)c1)NCCOCC.I. The molecular formula is C15H24F3IN4O2. The van der Waals surface area contributed by atoms with Gasteiger partial charge in [-0.25, -0.2) is 9.98 Å². The number of ether oxygens (including phenoxy) is 2. The normalized spacial score (nSPS) is 11.6. The Hall–Kier alpha value is -1.30. The van der Waals surface area contributed by atoms with Crippen LogP contribution in [0, 0.1) is 0 Å². The lowest BCUT2D eigenvalue weighted by molar-refractivity contribution is -0.154. The molecule has 6 nitrogen and oxygen atoms in total. The second-order valence-electron chi connectivity index (χ2n) is 4.73. The van der Waals surface area contributed by atoms with Crippen molar-refractivity contribution in [1.82, 2.24) is 15.6 Å². The molecule has 1 rings (SSSR count). The van der Waals surface area contributed by atoms with Gasteiger partial charge in [-0.15, -0.1) is 24.0 Å². The van der Waals surface area contributed by atoms with Gasteiger partial charge in [0.15, 0.2) is 12.6 Å². The first kappa shape index (κ1) is 23.7. The lowest BCUT2D eigenvalue weighted by Gasteiger charge is -2.11. The molecule has 1 aromatic heterocycles. The Morgan fingerprint density at radius 1 is 1.28 bits per heavy atom. The molecule has 1 aromatic rings. The van der Waals surface area contributed by atoms with E-state index in [9.17, 15) is 13.2 Å². The molecule has 0 amide bonds. The molecule has 0 fully saturated rings. The summed E-state index contributed by atoms with van der Waals surface area (Å²) >= 11 is 0. The van der Waals surface area contributed by atoms with Crippen LogP contribution in [0.5, 0.6) is 5.88 Å². The summed E-state index contributed by atoms with van der Waals surface area (Å²) in [4.78, 5) is 8.12. The number of hydrogen-bond acceptors (Lipinski definition) is 4. The minimum absolute atomic E-state index is 0. The van der Waals surface area contributed by atoms with Gasteiger partial charge in [-0.05, 0) is 25.5 Å². The highest BCUT2D eigenvalue weighted by atomic mass is 127. The standard InChI is InChI=1S/C15H23F3N4O2.HI/c1-3-19-14(21-7-8-23-4-2)22-10-12-5-6-20-13(9-12)24-11-15(16,17)18;/h5-6,9H,3-4,7-8,10-11H2,1-2H3,(H2,19,21,22);1H. The summed E-state index contributed by atoms with van der Waals surface area (Å²) in [5, 5.41) is 6.18. The zero-order valence-corrected chi connectivity index (χ0v) is 16.6. The summed E-state index contributed by atoms with van der Waals surface area (Å²) in [6.07, 6.45) is -3.00. The number of nitrogens with zero attached hydrogens (tertiary/aromatic N) is 2. The molecular weight excluding hydrogens is 452 g/mol. The highest BCUT2D eigenvalue weighted by Crippen LogP contribution is 2.17. The van der Waals surface area contributed by atoms with Crippen LogP contribution in [-0.4, -0.2) is 50.0 Å². The first-order valence-electron chi connectivity index (χ1n) is 7.69. The average Bonchev–Trinajstić information content (AvgIpc) is 2.54. The van der Waals surface area contributed by atoms with Crippen LogP contribution in [0.15, 0.2) is 23.3 Å². The molecule has 0 saturated carbocycles. The van der Waals surface area contributed by atoms with Gasteiger partial charge < -0.3 is 20.1 Å². The van der Waals surface area contributed by atoms with Crippen LogP contribution in [0.4, 0.5) is 13.2 Å². The number of rotatable bonds is 9. The van der Waals surface area contributed by atoms with E-state index in [-0.39, 0.29) is 36.4 Å². The minimum atomic E-state index is -4.39. The molecule has 1 heterocycles. The Bertz CT molecular complexity index is 516. The van der Waals surface area contributed by atoms with Gasteiger partial charge in [-0.1, -0.05) is 0 Å². The van der Waals surface area contributed by atoms with Crippen LogP contribution >= 0.6 is 24.0 Å². The molecule has 0 aliphatic carbocycles. The summed E-state index contributed by atoms with van der Waals surface area (Å²) in [5.41, 5.74) is 0.698. The van der Waals surface area contributed by atoms with E-state index in [1.807, 2.05) is 13.8 Å². The smallest absolute Gasteiger partial charge is 0.422 e. The Balaban J connectivity index is 0.00000576.